The molecule has 0 unspecified atom stereocenters. The predicted octanol–water partition coefficient (Wildman–Crippen LogP) is 4.32. The van der Waals surface area contributed by atoms with Crippen LogP contribution >= 0.6 is 0 Å². The van der Waals surface area contributed by atoms with E-state index in [1.54, 1.807) is 12.1 Å². The Labute approximate surface area is 140 Å². The molecule has 0 saturated carbocycles. The average Bonchev–Trinajstić information content (AvgIpc) is 3.05. The van der Waals surface area contributed by atoms with E-state index < -0.39 is 17.6 Å². The maximum atomic E-state index is 12.5. The van der Waals surface area contributed by atoms with Crippen molar-refractivity contribution in [2.45, 2.75) is 13.1 Å². The number of hydrogen-bond acceptors (Lipinski definition) is 4. The van der Waals surface area contributed by atoms with Gasteiger partial charge in [0, 0.05) is 11.3 Å². The average molecular weight is 347 g/mol. The first-order valence-electron chi connectivity index (χ1n) is 7.22. The summed E-state index contributed by atoms with van der Waals surface area (Å²) in [6, 6.07) is 11.3. The number of halogens is 3. The van der Waals surface area contributed by atoms with Crippen LogP contribution < -0.4 is 5.32 Å². The molecule has 0 aliphatic rings. The maximum absolute atomic E-state index is 12.5. The van der Waals surface area contributed by atoms with E-state index in [0.29, 0.717) is 5.56 Å². The van der Waals surface area contributed by atoms with Crippen LogP contribution in [0.25, 0.3) is 11.5 Å². The molecule has 0 aliphatic heterocycles. The Hall–Kier alpha value is -3.16. The SMILES string of the molecule is Cc1ccc(-c2nnc(C(=O)Nc3ccc(C(F)(F)F)cc3)o2)cc1. The summed E-state index contributed by atoms with van der Waals surface area (Å²) in [6.07, 6.45) is -4.43. The van der Waals surface area contributed by atoms with Crippen molar-refractivity contribution in [2.75, 3.05) is 5.32 Å². The Morgan fingerprint density at radius 3 is 2.24 bits per heavy atom. The second-order valence-corrected chi connectivity index (χ2v) is 5.31. The summed E-state index contributed by atoms with van der Waals surface area (Å²) in [4.78, 5) is 12.1. The lowest BCUT2D eigenvalue weighted by Gasteiger charge is -2.07. The van der Waals surface area contributed by atoms with Crippen molar-refractivity contribution in [3.63, 3.8) is 0 Å². The Morgan fingerprint density at radius 1 is 1.00 bits per heavy atom. The Kier molecular flexibility index (Phi) is 4.26. The van der Waals surface area contributed by atoms with Crippen molar-refractivity contribution in [3.05, 3.63) is 65.5 Å². The van der Waals surface area contributed by atoms with Gasteiger partial charge in [-0.15, -0.1) is 10.2 Å². The number of aryl methyl sites for hydroxylation is 1. The third-order valence-electron chi connectivity index (χ3n) is 3.39. The van der Waals surface area contributed by atoms with Crippen LogP contribution in [-0.2, 0) is 6.18 Å². The highest BCUT2D eigenvalue weighted by molar-refractivity contribution is 6.00. The second kappa shape index (κ2) is 6.39. The van der Waals surface area contributed by atoms with E-state index >= 15 is 0 Å². The number of anilines is 1. The van der Waals surface area contributed by atoms with Crippen molar-refractivity contribution in [3.8, 4) is 11.5 Å². The van der Waals surface area contributed by atoms with E-state index in [2.05, 4.69) is 15.5 Å². The van der Waals surface area contributed by atoms with Gasteiger partial charge in [0.15, 0.2) is 0 Å². The summed E-state index contributed by atoms with van der Waals surface area (Å²) in [5.41, 5.74) is 1.10. The van der Waals surface area contributed by atoms with Crippen molar-refractivity contribution >= 4 is 11.6 Å². The zero-order chi connectivity index (χ0) is 18.0. The largest absolute Gasteiger partial charge is 0.416 e. The fraction of sp³-hybridized carbons (Fsp3) is 0.118. The molecule has 3 aromatic rings. The number of nitrogens with zero attached hydrogens (tertiary/aromatic N) is 2. The number of alkyl halides is 3. The standard InChI is InChI=1S/C17H12F3N3O2/c1-10-2-4-11(5-3-10)15-22-23-16(25-15)14(24)21-13-8-6-12(7-9-13)17(18,19)20/h2-9H,1H3,(H,21,24). The number of amides is 1. The topological polar surface area (TPSA) is 68.0 Å². The molecule has 2 aromatic carbocycles. The molecule has 0 fully saturated rings. The number of carbonyl (C=O) groups excluding carboxylic acids is 1. The van der Waals surface area contributed by atoms with Gasteiger partial charge in [0.2, 0.25) is 5.89 Å². The Bertz CT molecular complexity index is 885. The first kappa shape index (κ1) is 16.7. The van der Waals surface area contributed by atoms with Gasteiger partial charge in [-0.25, -0.2) is 0 Å². The maximum Gasteiger partial charge on any atom is 0.416 e. The zero-order valence-corrected chi connectivity index (χ0v) is 13.0. The Balaban J connectivity index is 1.72. The molecular weight excluding hydrogens is 335 g/mol. The van der Waals surface area contributed by atoms with Crippen LogP contribution in [0.2, 0.25) is 0 Å². The van der Waals surface area contributed by atoms with Crippen molar-refractivity contribution in [1.82, 2.24) is 10.2 Å². The molecular formula is C17H12F3N3O2. The van der Waals surface area contributed by atoms with E-state index in [1.165, 1.54) is 0 Å². The van der Waals surface area contributed by atoms with E-state index in [4.69, 9.17) is 4.42 Å². The summed E-state index contributed by atoms with van der Waals surface area (Å²) >= 11 is 0. The number of hydrogen-bond donors (Lipinski definition) is 1. The number of benzene rings is 2. The number of carbonyl (C=O) groups is 1. The first-order chi connectivity index (χ1) is 11.8. The van der Waals surface area contributed by atoms with E-state index in [-0.39, 0.29) is 17.5 Å². The fourth-order valence-electron chi connectivity index (χ4n) is 2.05. The van der Waals surface area contributed by atoms with Gasteiger partial charge >= 0.3 is 18.0 Å². The highest BCUT2D eigenvalue weighted by Crippen LogP contribution is 2.29. The number of aromatic nitrogens is 2. The van der Waals surface area contributed by atoms with Crippen molar-refractivity contribution < 1.29 is 22.4 Å². The molecule has 1 heterocycles. The van der Waals surface area contributed by atoms with Crippen LogP contribution in [0.5, 0.6) is 0 Å². The molecule has 1 N–H and O–H groups in total. The van der Waals surface area contributed by atoms with Gasteiger partial charge in [0.05, 0.1) is 5.56 Å². The summed E-state index contributed by atoms with van der Waals surface area (Å²) in [6.45, 7) is 1.93. The van der Waals surface area contributed by atoms with E-state index in [0.717, 1.165) is 29.8 Å². The van der Waals surface area contributed by atoms with Gasteiger partial charge in [-0.05, 0) is 43.3 Å². The lowest BCUT2D eigenvalue weighted by atomic mass is 10.1. The highest BCUT2D eigenvalue weighted by atomic mass is 19.4. The van der Waals surface area contributed by atoms with Crippen LogP contribution in [0.4, 0.5) is 18.9 Å². The molecule has 128 valence electrons. The summed E-state index contributed by atoms with van der Waals surface area (Å²) in [7, 11) is 0. The third-order valence-corrected chi connectivity index (χ3v) is 3.39. The number of nitrogens with one attached hydrogen (secondary N) is 1. The molecule has 3 rings (SSSR count). The van der Waals surface area contributed by atoms with E-state index in [9.17, 15) is 18.0 Å². The molecule has 0 bridgehead atoms. The molecule has 0 atom stereocenters. The molecule has 0 aliphatic carbocycles. The van der Waals surface area contributed by atoms with Gasteiger partial charge in [0.1, 0.15) is 0 Å². The molecule has 1 amide bonds. The molecule has 0 saturated heterocycles. The molecule has 1 aromatic heterocycles. The first-order valence-corrected chi connectivity index (χ1v) is 7.22. The zero-order valence-electron chi connectivity index (χ0n) is 13.0. The highest BCUT2D eigenvalue weighted by Gasteiger charge is 2.30. The summed E-state index contributed by atoms with van der Waals surface area (Å²) in [5.74, 6) is -0.807. The summed E-state index contributed by atoms with van der Waals surface area (Å²) in [5, 5.41) is 9.87. The van der Waals surface area contributed by atoms with Crippen LogP contribution in [0.15, 0.2) is 52.9 Å². The normalized spacial score (nSPS) is 11.4. The van der Waals surface area contributed by atoms with Crippen LogP contribution in [0.3, 0.4) is 0 Å². The molecule has 8 heteroatoms. The lowest BCUT2D eigenvalue weighted by Crippen LogP contribution is -2.12. The minimum atomic E-state index is -4.43. The van der Waals surface area contributed by atoms with Crippen molar-refractivity contribution in [1.29, 1.82) is 0 Å². The van der Waals surface area contributed by atoms with Crippen LogP contribution in [0, 0.1) is 6.92 Å². The monoisotopic (exact) mass is 347 g/mol. The van der Waals surface area contributed by atoms with Gasteiger partial charge in [-0.1, -0.05) is 17.7 Å². The molecule has 5 nitrogen and oxygen atoms in total. The van der Waals surface area contributed by atoms with Crippen LogP contribution in [0.1, 0.15) is 21.8 Å². The quantitative estimate of drug-likeness (QED) is 0.766. The second-order valence-electron chi connectivity index (χ2n) is 5.31. The smallest absolute Gasteiger partial charge is 0.412 e. The number of rotatable bonds is 3. The molecule has 0 radical (unpaired) electrons. The van der Waals surface area contributed by atoms with Crippen molar-refractivity contribution in [2.24, 2.45) is 0 Å². The molecule has 25 heavy (non-hydrogen) atoms. The fourth-order valence-corrected chi connectivity index (χ4v) is 2.05. The summed E-state index contributed by atoms with van der Waals surface area (Å²) < 4.78 is 42.9. The minimum Gasteiger partial charge on any atom is -0.412 e. The van der Waals surface area contributed by atoms with Gasteiger partial charge in [-0.2, -0.15) is 13.2 Å². The van der Waals surface area contributed by atoms with Gasteiger partial charge in [0.25, 0.3) is 0 Å². The predicted molar refractivity (Wildman–Crippen MR) is 83.9 cm³/mol. The minimum absolute atomic E-state index is 0.178. The molecule has 0 spiro atoms. The lowest BCUT2D eigenvalue weighted by molar-refractivity contribution is -0.137. The van der Waals surface area contributed by atoms with Gasteiger partial charge in [-0.3, -0.25) is 4.79 Å². The van der Waals surface area contributed by atoms with E-state index in [1.807, 2.05) is 19.1 Å². The van der Waals surface area contributed by atoms with Crippen LogP contribution in [-0.4, -0.2) is 16.1 Å². The Morgan fingerprint density at radius 2 is 1.64 bits per heavy atom. The third kappa shape index (κ3) is 3.85. The van der Waals surface area contributed by atoms with Gasteiger partial charge < -0.3 is 9.73 Å².